The van der Waals surface area contributed by atoms with Crippen LogP contribution < -0.4 is 10.6 Å². The number of imide groups is 1. The third kappa shape index (κ3) is 5.01. The Kier molecular flexibility index (Phi) is 6.67. The molecule has 2 rings (SSSR count). The number of ether oxygens (including phenoxy) is 1. The molecular formula is C16H21N3O6S. The van der Waals surface area contributed by atoms with Crippen molar-refractivity contribution in [2.24, 2.45) is 0 Å². The van der Waals surface area contributed by atoms with E-state index in [2.05, 4.69) is 10.6 Å². The first-order valence-corrected chi connectivity index (χ1v) is 9.05. The van der Waals surface area contributed by atoms with E-state index in [0.29, 0.717) is 11.5 Å². The fraction of sp³-hybridized carbons (Fsp3) is 0.500. The van der Waals surface area contributed by atoms with Gasteiger partial charge >= 0.3 is 12.0 Å². The van der Waals surface area contributed by atoms with Crippen LogP contribution in [0.25, 0.3) is 0 Å². The molecule has 1 saturated heterocycles. The normalized spacial score (nSPS) is 19.3. The fourth-order valence-electron chi connectivity index (χ4n) is 2.42. The van der Waals surface area contributed by atoms with Crippen molar-refractivity contribution in [2.75, 3.05) is 12.4 Å². The molecule has 2 N–H and O–H groups in total. The van der Waals surface area contributed by atoms with Crippen molar-refractivity contribution in [2.45, 2.75) is 38.2 Å². The standard InChI is InChI=1S/C16H21N3O6S/c1-9(2)17-16(23)18-13(21)7-25-15(22)11-8-26-14(19(11)10(3)20)12-5-4-6-24-12/h4-6,9,11,14H,7-8H2,1-3H3,(H2,17,18,21,23)/t11-,14-/m1/s1. The Morgan fingerprint density at radius 2 is 2.12 bits per heavy atom. The van der Waals surface area contributed by atoms with Gasteiger partial charge in [-0.25, -0.2) is 9.59 Å². The predicted octanol–water partition coefficient (Wildman–Crippen LogP) is 1.02. The number of carbonyl (C=O) groups is 4. The molecule has 2 heterocycles. The van der Waals surface area contributed by atoms with Gasteiger partial charge in [0.05, 0.1) is 6.26 Å². The Morgan fingerprint density at radius 3 is 2.69 bits per heavy atom. The van der Waals surface area contributed by atoms with Gasteiger partial charge in [-0.3, -0.25) is 14.9 Å². The SMILES string of the molecule is CC(=O)N1[C@@H](C(=O)OCC(=O)NC(=O)NC(C)C)CS[C@@H]1c1ccco1. The minimum absolute atomic E-state index is 0.136. The number of nitrogens with one attached hydrogen (secondary N) is 2. The van der Waals surface area contributed by atoms with Crippen LogP contribution in [0.15, 0.2) is 22.8 Å². The Balaban J connectivity index is 1.91. The molecule has 1 aliphatic heterocycles. The summed E-state index contributed by atoms with van der Waals surface area (Å²) < 4.78 is 10.3. The zero-order chi connectivity index (χ0) is 19.3. The van der Waals surface area contributed by atoms with Gasteiger partial charge in [-0.15, -0.1) is 11.8 Å². The van der Waals surface area contributed by atoms with E-state index in [1.165, 1.54) is 29.8 Å². The maximum Gasteiger partial charge on any atom is 0.330 e. The molecule has 1 fully saturated rings. The summed E-state index contributed by atoms with van der Waals surface area (Å²) in [5.74, 6) is -0.887. The minimum atomic E-state index is -0.829. The summed E-state index contributed by atoms with van der Waals surface area (Å²) in [5, 5.41) is 4.11. The summed E-state index contributed by atoms with van der Waals surface area (Å²) in [4.78, 5) is 48.8. The molecule has 2 atom stereocenters. The number of esters is 1. The van der Waals surface area contributed by atoms with Crippen molar-refractivity contribution >= 4 is 35.6 Å². The molecule has 0 saturated carbocycles. The first-order valence-electron chi connectivity index (χ1n) is 8.00. The maximum atomic E-state index is 12.3. The first-order chi connectivity index (χ1) is 12.3. The lowest BCUT2D eigenvalue weighted by atomic mass is 10.2. The molecule has 26 heavy (non-hydrogen) atoms. The number of urea groups is 1. The smallest absolute Gasteiger partial charge is 0.330 e. The first kappa shape index (κ1) is 19.8. The number of carbonyl (C=O) groups excluding carboxylic acids is 4. The van der Waals surface area contributed by atoms with Gasteiger partial charge in [-0.2, -0.15) is 0 Å². The molecule has 1 aliphatic rings. The molecular weight excluding hydrogens is 362 g/mol. The molecule has 9 nitrogen and oxygen atoms in total. The molecule has 0 radical (unpaired) electrons. The van der Waals surface area contributed by atoms with Crippen LogP contribution >= 0.6 is 11.8 Å². The average molecular weight is 383 g/mol. The summed E-state index contributed by atoms with van der Waals surface area (Å²) in [6.45, 7) is 4.23. The van der Waals surface area contributed by atoms with Crippen LogP contribution in [0.4, 0.5) is 4.79 Å². The molecule has 1 aromatic heterocycles. The van der Waals surface area contributed by atoms with Crippen molar-refractivity contribution in [3.05, 3.63) is 24.2 Å². The Bertz CT molecular complexity index is 676. The van der Waals surface area contributed by atoms with Gasteiger partial charge in [-0.05, 0) is 26.0 Å². The number of amides is 4. The van der Waals surface area contributed by atoms with Gasteiger partial charge in [0.1, 0.15) is 17.2 Å². The largest absolute Gasteiger partial charge is 0.466 e. The van der Waals surface area contributed by atoms with Crippen LogP contribution in [0.3, 0.4) is 0 Å². The van der Waals surface area contributed by atoms with Crippen molar-refractivity contribution in [3.8, 4) is 0 Å². The molecule has 0 unspecified atom stereocenters. The van der Waals surface area contributed by atoms with E-state index < -0.39 is 35.9 Å². The molecule has 0 spiro atoms. The van der Waals surface area contributed by atoms with E-state index in [1.54, 1.807) is 26.0 Å². The molecule has 4 amide bonds. The zero-order valence-electron chi connectivity index (χ0n) is 14.7. The van der Waals surface area contributed by atoms with E-state index in [-0.39, 0.29) is 11.9 Å². The van der Waals surface area contributed by atoms with Crippen molar-refractivity contribution < 1.29 is 28.3 Å². The Labute approximate surface area is 154 Å². The lowest BCUT2D eigenvalue weighted by Gasteiger charge is -2.25. The number of hydrogen-bond donors (Lipinski definition) is 2. The topological polar surface area (TPSA) is 118 Å². The number of furan rings is 1. The number of nitrogens with zero attached hydrogens (tertiary/aromatic N) is 1. The third-order valence-corrected chi connectivity index (χ3v) is 4.72. The summed E-state index contributed by atoms with van der Waals surface area (Å²) in [5.41, 5.74) is 0. The van der Waals surface area contributed by atoms with E-state index in [0.717, 1.165) is 0 Å². The molecule has 142 valence electrons. The van der Waals surface area contributed by atoms with Gasteiger partial charge in [-0.1, -0.05) is 0 Å². The summed E-state index contributed by atoms with van der Waals surface area (Å²) >= 11 is 1.37. The predicted molar refractivity (Wildman–Crippen MR) is 93.0 cm³/mol. The molecule has 0 bridgehead atoms. The van der Waals surface area contributed by atoms with Crippen molar-refractivity contribution in [1.82, 2.24) is 15.5 Å². The molecule has 0 aliphatic carbocycles. The van der Waals surface area contributed by atoms with Crippen LogP contribution in [0.5, 0.6) is 0 Å². The second-order valence-electron chi connectivity index (χ2n) is 5.93. The van der Waals surface area contributed by atoms with E-state index >= 15 is 0 Å². The van der Waals surface area contributed by atoms with E-state index in [4.69, 9.17) is 9.15 Å². The Morgan fingerprint density at radius 1 is 1.38 bits per heavy atom. The molecule has 10 heteroatoms. The highest BCUT2D eigenvalue weighted by atomic mass is 32.2. The quantitative estimate of drug-likeness (QED) is 0.729. The second kappa shape index (κ2) is 8.75. The van der Waals surface area contributed by atoms with Crippen LogP contribution in [-0.2, 0) is 19.1 Å². The average Bonchev–Trinajstić information content (AvgIpc) is 3.20. The third-order valence-electron chi connectivity index (χ3n) is 3.44. The van der Waals surface area contributed by atoms with Gasteiger partial charge in [0.25, 0.3) is 5.91 Å². The van der Waals surface area contributed by atoms with Crippen LogP contribution in [0.1, 0.15) is 31.9 Å². The highest BCUT2D eigenvalue weighted by Gasteiger charge is 2.43. The zero-order valence-corrected chi connectivity index (χ0v) is 15.5. The highest BCUT2D eigenvalue weighted by Crippen LogP contribution is 2.41. The number of hydrogen-bond acceptors (Lipinski definition) is 7. The summed E-state index contributed by atoms with van der Waals surface area (Å²) in [6, 6.07) is 1.79. The highest BCUT2D eigenvalue weighted by molar-refractivity contribution is 7.99. The lowest BCUT2D eigenvalue weighted by molar-refractivity contribution is -0.156. The van der Waals surface area contributed by atoms with Gasteiger partial charge in [0.15, 0.2) is 6.61 Å². The van der Waals surface area contributed by atoms with Gasteiger partial charge in [0, 0.05) is 18.7 Å². The summed E-state index contributed by atoms with van der Waals surface area (Å²) in [7, 11) is 0. The van der Waals surface area contributed by atoms with E-state index in [1.807, 2.05) is 0 Å². The van der Waals surface area contributed by atoms with Crippen molar-refractivity contribution in [3.63, 3.8) is 0 Å². The molecule has 0 aromatic carbocycles. The van der Waals surface area contributed by atoms with Gasteiger partial charge < -0.3 is 19.4 Å². The van der Waals surface area contributed by atoms with Crippen molar-refractivity contribution in [1.29, 1.82) is 0 Å². The van der Waals surface area contributed by atoms with Crippen LogP contribution in [0.2, 0.25) is 0 Å². The lowest BCUT2D eigenvalue weighted by Crippen LogP contribution is -2.46. The second-order valence-corrected chi connectivity index (χ2v) is 7.04. The number of rotatable bonds is 5. The summed E-state index contributed by atoms with van der Waals surface area (Å²) in [6.07, 6.45) is 1.49. The monoisotopic (exact) mass is 383 g/mol. The maximum absolute atomic E-state index is 12.3. The number of thioether (sulfide) groups is 1. The van der Waals surface area contributed by atoms with E-state index in [9.17, 15) is 19.2 Å². The van der Waals surface area contributed by atoms with Gasteiger partial charge in [0.2, 0.25) is 5.91 Å². The molecule has 1 aromatic rings. The Hall–Kier alpha value is -2.49. The van der Waals surface area contributed by atoms with Crippen LogP contribution in [0, 0.1) is 0 Å². The van der Waals surface area contributed by atoms with Crippen LogP contribution in [-0.4, -0.2) is 53.2 Å². The minimum Gasteiger partial charge on any atom is -0.466 e. The fourth-order valence-corrected chi connectivity index (χ4v) is 3.83.